The molecule has 0 bridgehead atoms. The highest BCUT2D eigenvalue weighted by Crippen LogP contribution is 2.44. The van der Waals surface area contributed by atoms with Crippen LogP contribution in [-0.2, 0) is 5.60 Å². The molecule has 16 heavy (non-hydrogen) atoms. The van der Waals surface area contributed by atoms with Gasteiger partial charge in [0.15, 0.2) is 0 Å². The zero-order valence-electron chi connectivity index (χ0n) is 9.65. The SMILES string of the molecule is C=C[C@H]1CCC[C@@]1(O)c1ccc(OC)cc1. The predicted octanol–water partition coefficient (Wildman–Crippen LogP) is 2.87. The maximum absolute atomic E-state index is 10.7. The summed E-state index contributed by atoms with van der Waals surface area (Å²) in [4.78, 5) is 0. The van der Waals surface area contributed by atoms with Gasteiger partial charge in [-0.15, -0.1) is 6.58 Å². The van der Waals surface area contributed by atoms with E-state index < -0.39 is 5.60 Å². The molecular weight excluding hydrogens is 200 g/mol. The molecule has 2 rings (SSSR count). The molecule has 0 heterocycles. The van der Waals surface area contributed by atoms with Gasteiger partial charge in [-0.1, -0.05) is 18.2 Å². The van der Waals surface area contributed by atoms with Crippen LogP contribution in [0.2, 0.25) is 0 Å². The Morgan fingerprint density at radius 2 is 2.12 bits per heavy atom. The van der Waals surface area contributed by atoms with Gasteiger partial charge in [-0.25, -0.2) is 0 Å². The molecule has 0 saturated heterocycles. The highest BCUT2D eigenvalue weighted by molar-refractivity contribution is 5.32. The summed E-state index contributed by atoms with van der Waals surface area (Å²) in [5.41, 5.74) is 0.240. The molecule has 0 unspecified atom stereocenters. The fraction of sp³-hybridized carbons (Fsp3) is 0.429. The molecule has 1 aliphatic rings. The lowest BCUT2D eigenvalue weighted by Gasteiger charge is -2.28. The first-order chi connectivity index (χ1) is 7.70. The first kappa shape index (κ1) is 11.2. The Balaban J connectivity index is 2.31. The highest BCUT2D eigenvalue weighted by atomic mass is 16.5. The predicted molar refractivity (Wildman–Crippen MR) is 64.4 cm³/mol. The van der Waals surface area contributed by atoms with Gasteiger partial charge in [0.1, 0.15) is 5.75 Å². The minimum atomic E-state index is -0.728. The van der Waals surface area contributed by atoms with Gasteiger partial charge in [0, 0.05) is 5.92 Å². The van der Waals surface area contributed by atoms with E-state index in [0.717, 1.165) is 30.6 Å². The van der Waals surface area contributed by atoms with Crippen LogP contribution in [0.25, 0.3) is 0 Å². The Kier molecular flexibility index (Phi) is 3.01. The second kappa shape index (κ2) is 4.30. The number of methoxy groups -OCH3 is 1. The Labute approximate surface area is 96.6 Å². The second-order valence-corrected chi connectivity index (χ2v) is 4.39. The fourth-order valence-corrected chi connectivity index (χ4v) is 2.57. The molecule has 1 aliphatic carbocycles. The smallest absolute Gasteiger partial charge is 0.118 e. The summed E-state index contributed by atoms with van der Waals surface area (Å²) in [7, 11) is 1.64. The molecule has 0 aliphatic heterocycles. The Morgan fingerprint density at radius 1 is 1.44 bits per heavy atom. The number of ether oxygens (including phenoxy) is 1. The zero-order valence-corrected chi connectivity index (χ0v) is 9.65. The molecule has 0 radical (unpaired) electrons. The van der Waals surface area contributed by atoms with Crippen LogP contribution in [0.4, 0.5) is 0 Å². The topological polar surface area (TPSA) is 29.5 Å². The summed E-state index contributed by atoms with van der Waals surface area (Å²) in [5, 5.41) is 10.7. The molecule has 1 saturated carbocycles. The molecule has 2 heteroatoms. The Morgan fingerprint density at radius 3 is 2.69 bits per heavy atom. The van der Waals surface area contributed by atoms with Gasteiger partial charge in [-0.05, 0) is 37.0 Å². The lowest BCUT2D eigenvalue weighted by atomic mass is 9.84. The quantitative estimate of drug-likeness (QED) is 0.790. The van der Waals surface area contributed by atoms with Crippen molar-refractivity contribution in [1.82, 2.24) is 0 Å². The average molecular weight is 218 g/mol. The summed E-state index contributed by atoms with van der Waals surface area (Å²) in [5.74, 6) is 0.987. The van der Waals surface area contributed by atoms with Gasteiger partial charge in [0.05, 0.1) is 12.7 Å². The van der Waals surface area contributed by atoms with E-state index in [-0.39, 0.29) is 5.92 Å². The van der Waals surface area contributed by atoms with Crippen LogP contribution in [0.5, 0.6) is 5.75 Å². The average Bonchev–Trinajstić information content (AvgIpc) is 2.72. The number of hydrogen-bond acceptors (Lipinski definition) is 2. The van der Waals surface area contributed by atoms with Crippen molar-refractivity contribution >= 4 is 0 Å². The van der Waals surface area contributed by atoms with Crippen LogP contribution in [0, 0.1) is 5.92 Å². The van der Waals surface area contributed by atoms with Crippen molar-refractivity contribution < 1.29 is 9.84 Å². The third kappa shape index (κ3) is 1.74. The molecule has 2 atom stereocenters. The minimum Gasteiger partial charge on any atom is -0.497 e. The molecule has 1 N–H and O–H groups in total. The van der Waals surface area contributed by atoms with E-state index in [2.05, 4.69) is 6.58 Å². The van der Waals surface area contributed by atoms with Crippen molar-refractivity contribution in [1.29, 1.82) is 0 Å². The molecule has 0 aromatic heterocycles. The van der Waals surface area contributed by atoms with Crippen LogP contribution in [0.15, 0.2) is 36.9 Å². The molecule has 86 valence electrons. The molecule has 1 aromatic carbocycles. The zero-order chi connectivity index (χ0) is 11.6. The fourth-order valence-electron chi connectivity index (χ4n) is 2.57. The van der Waals surface area contributed by atoms with E-state index in [1.807, 2.05) is 30.3 Å². The van der Waals surface area contributed by atoms with E-state index in [1.165, 1.54) is 0 Å². The second-order valence-electron chi connectivity index (χ2n) is 4.39. The molecule has 1 aromatic rings. The monoisotopic (exact) mass is 218 g/mol. The van der Waals surface area contributed by atoms with Crippen LogP contribution in [0.3, 0.4) is 0 Å². The van der Waals surface area contributed by atoms with Gasteiger partial charge in [-0.3, -0.25) is 0 Å². The van der Waals surface area contributed by atoms with E-state index in [9.17, 15) is 5.11 Å². The van der Waals surface area contributed by atoms with Crippen molar-refractivity contribution in [2.45, 2.75) is 24.9 Å². The largest absolute Gasteiger partial charge is 0.497 e. The molecule has 1 fully saturated rings. The van der Waals surface area contributed by atoms with Gasteiger partial charge in [-0.2, -0.15) is 0 Å². The third-order valence-corrected chi connectivity index (χ3v) is 3.56. The maximum Gasteiger partial charge on any atom is 0.118 e. The molecular formula is C14H18O2. The molecule has 2 nitrogen and oxygen atoms in total. The first-order valence-electron chi connectivity index (χ1n) is 5.70. The summed E-state index contributed by atoms with van der Waals surface area (Å²) in [6.45, 7) is 3.81. The van der Waals surface area contributed by atoms with E-state index in [0.29, 0.717) is 0 Å². The Hall–Kier alpha value is -1.28. The molecule has 0 amide bonds. The summed E-state index contributed by atoms with van der Waals surface area (Å²) in [6.07, 6.45) is 4.76. The van der Waals surface area contributed by atoms with Crippen molar-refractivity contribution in [3.63, 3.8) is 0 Å². The van der Waals surface area contributed by atoms with Gasteiger partial charge >= 0.3 is 0 Å². The van der Waals surface area contributed by atoms with Gasteiger partial charge in [0.25, 0.3) is 0 Å². The van der Waals surface area contributed by atoms with Crippen LogP contribution >= 0.6 is 0 Å². The summed E-state index contributed by atoms with van der Waals surface area (Å²) < 4.78 is 5.12. The number of aliphatic hydroxyl groups is 1. The van der Waals surface area contributed by atoms with Crippen LogP contribution in [0.1, 0.15) is 24.8 Å². The Bertz CT molecular complexity index is 369. The number of rotatable bonds is 3. The normalized spacial score (nSPS) is 29.0. The maximum atomic E-state index is 10.7. The van der Waals surface area contributed by atoms with Crippen molar-refractivity contribution in [2.75, 3.05) is 7.11 Å². The van der Waals surface area contributed by atoms with Crippen LogP contribution in [-0.4, -0.2) is 12.2 Å². The van der Waals surface area contributed by atoms with Crippen molar-refractivity contribution in [3.05, 3.63) is 42.5 Å². The summed E-state index contributed by atoms with van der Waals surface area (Å²) >= 11 is 0. The van der Waals surface area contributed by atoms with Crippen molar-refractivity contribution in [3.8, 4) is 5.75 Å². The van der Waals surface area contributed by atoms with E-state index in [1.54, 1.807) is 7.11 Å². The summed E-state index contributed by atoms with van der Waals surface area (Å²) in [6, 6.07) is 7.68. The van der Waals surface area contributed by atoms with E-state index >= 15 is 0 Å². The minimum absolute atomic E-state index is 0.167. The van der Waals surface area contributed by atoms with Crippen LogP contribution < -0.4 is 4.74 Å². The van der Waals surface area contributed by atoms with E-state index in [4.69, 9.17) is 4.74 Å². The number of hydrogen-bond donors (Lipinski definition) is 1. The lowest BCUT2D eigenvalue weighted by molar-refractivity contribution is 0.0150. The van der Waals surface area contributed by atoms with Crippen molar-refractivity contribution in [2.24, 2.45) is 5.92 Å². The standard InChI is InChI=1S/C14H18O2/c1-3-11-5-4-10-14(11,15)12-6-8-13(16-2)9-7-12/h3,6-9,11,15H,1,4-5,10H2,2H3/t11-,14-/m0/s1. The number of benzene rings is 1. The van der Waals surface area contributed by atoms with Gasteiger partial charge < -0.3 is 9.84 Å². The highest BCUT2D eigenvalue weighted by Gasteiger charge is 2.40. The lowest BCUT2D eigenvalue weighted by Crippen LogP contribution is -2.28. The first-order valence-corrected chi connectivity index (χ1v) is 5.70. The van der Waals surface area contributed by atoms with Gasteiger partial charge in [0.2, 0.25) is 0 Å². The molecule has 0 spiro atoms. The third-order valence-electron chi connectivity index (χ3n) is 3.56.